The van der Waals surface area contributed by atoms with Crippen LogP contribution in [-0.4, -0.2) is 50.1 Å². The number of aromatic nitrogens is 1. The number of esters is 1. The van der Waals surface area contributed by atoms with Crippen molar-refractivity contribution in [2.24, 2.45) is 0 Å². The first-order chi connectivity index (χ1) is 10.9. The van der Waals surface area contributed by atoms with Crippen LogP contribution in [0.4, 0.5) is 5.13 Å². The molecule has 1 saturated heterocycles. The molecule has 2 aromatic rings. The van der Waals surface area contributed by atoms with Crippen LogP contribution in [-0.2, 0) is 14.6 Å². The number of ether oxygens (including phenoxy) is 1. The minimum absolute atomic E-state index is 0.0666. The van der Waals surface area contributed by atoms with Gasteiger partial charge in [0.15, 0.2) is 15.0 Å². The van der Waals surface area contributed by atoms with E-state index in [0.717, 1.165) is 27.8 Å². The molecule has 9 heteroatoms. The summed E-state index contributed by atoms with van der Waals surface area (Å²) in [5, 5.41) is 0.957. The Morgan fingerprint density at radius 2 is 2.13 bits per heavy atom. The summed E-state index contributed by atoms with van der Waals surface area (Å²) in [4.78, 5) is 20.2. The van der Waals surface area contributed by atoms with Gasteiger partial charge in [0.25, 0.3) is 0 Å². The molecule has 23 heavy (non-hydrogen) atoms. The minimum atomic E-state index is -3.05. The average molecular weight is 375 g/mol. The molecule has 0 bridgehead atoms. The first kappa shape index (κ1) is 16.7. The SMILES string of the molecule is CCN(CC)c1nc2sc(C(=O)O[C@H]3CCS(=O)(=O)C3)cc2s1. The van der Waals surface area contributed by atoms with Gasteiger partial charge in [0.2, 0.25) is 0 Å². The smallest absolute Gasteiger partial charge is 0.348 e. The van der Waals surface area contributed by atoms with E-state index >= 15 is 0 Å². The normalized spacial score (nSPS) is 20.0. The second-order valence-electron chi connectivity index (χ2n) is 5.38. The van der Waals surface area contributed by atoms with Crippen molar-refractivity contribution < 1.29 is 17.9 Å². The lowest BCUT2D eigenvalue weighted by molar-refractivity contribution is 0.0362. The molecule has 3 heterocycles. The maximum atomic E-state index is 12.2. The van der Waals surface area contributed by atoms with Crippen molar-refractivity contribution in [3.05, 3.63) is 10.9 Å². The Balaban J connectivity index is 1.73. The zero-order valence-electron chi connectivity index (χ0n) is 12.9. The predicted octanol–water partition coefficient (Wildman–Crippen LogP) is 2.55. The highest BCUT2D eigenvalue weighted by Gasteiger charge is 2.31. The summed E-state index contributed by atoms with van der Waals surface area (Å²) in [6.07, 6.45) is -0.134. The number of fused-ring (bicyclic) bond motifs is 1. The first-order valence-electron chi connectivity index (χ1n) is 7.48. The summed E-state index contributed by atoms with van der Waals surface area (Å²) in [6.45, 7) is 5.94. The Morgan fingerprint density at radius 3 is 2.70 bits per heavy atom. The summed E-state index contributed by atoms with van der Waals surface area (Å²) in [7, 11) is -3.05. The van der Waals surface area contributed by atoms with E-state index in [-0.39, 0.29) is 11.5 Å². The number of anilines is 1. The zero-order chi connectivity index (χ0) is 16.6. The molecular formula is C14H18N2O4S3. The molecule has 0 spiro atoms. The monoisotopic (exact) mass is 374 g/mol. The van der Waals surface area contributed by atoms with Gasteiger partial charge in [-0.05, 0) is 26.3 Å². The van der Waals surface area contributed by atoms with Crippen LogP contribution < -0.4 is 4.90 Å². The molecule has 126 valence electrons. The number of thiophene rings is 1. The Kier molecular flexibility index (Phi) is 4.61. The van der Waals surface area contributed by atoms with E-state index in [0.29, 0.717) is 11.3 Å². The van der Waals surface area contributed by atoms with E-state index in [4.69, 9.17) is 4.74 Å². The fraction of sp³-hybridized carbons (Fsp3) is 0.571. The van der Waals surface area contributed by atoms with Crippen LogP contribution in [0.1, 0.15) is 29.9 Å². The number of thiazole rings is 1. The van der Waals surface area contributed by atoms with Crippen molar-refractivity contribution in [2.45, 2.75) is 26.4 Å². The van der Waals surface area contributed by atoms with Gasteiger partial charge in [-0.1, -0.05) is 11.3 Å². The molecule has 0 amide bonds. The quantitative estimate of drug-likeness (QED) is 0.749. The van der Waals surface area contributed by atoms with Crippen molar-refractivity contribution >= 4 is 53.1 Å². The first-order valence-corrected chi connectivity index (χ1v) is 10.9. The molecule has 0 saturated carbocycles. The largest absolute Gasteiger partial charge is 0.457 e. The third-order valence-electron chi connectivity index (χ3n) is 3.78. The van der Waals surface area contributed by atoms with Crippen LogP contribution in [0.3, 0.4) is 0 Å². The maximum absolute atomic E-state index is 12.2. The highest BCUT2D eigenvalue weighted by atomic mass is 32.2. The number of hydrogen-bond donors (Lipinski definition) is 0. The third kappa shape index (κ3) is 3.51. The fourth-order valence-corrected chi connectivity index (χ4v) is 6.33. The van der Waals surface area contributed by atoms with Crippen molar-refractivity contribution in [1.82, 2.24) is 4.98 Å². The van der Waals surface area contributed by atoms with Crippen molar-refractivity contribution in [3.63, 3.8) is 0 Å². The summed E-state index contributed by atoms with van der Waals surface area (Å²) in [6, 6.07) is 1.79. The predicted molar refractivity (Wildman–Crippen MR) is 93.5 cm³/mol. The Labute approximate surface area is 143 Å². The number of rotatable bonds is 5. The van der Waals surface area contributed by atoms with Crippen LogP contribution in [0, 0.1) is 0 Å². The lowest BCUT2D eigenvalue weighted by Gasteiger charge is -2.16. The van der Waals surface area contributed by atoms with E-state index in [9.17, 15) is 13.2 Å². The summed E-state index contributed by atoms with van der Waals surface area (Å²) < 4.78 is 29.1. The van der Waals surface area contributed by atoms with Crippen molar-refractivity contribution in [2.75, 3.05) is 29.5 Å². The van der Waals surface area contributed by atoms with E-state index in [2.05, 4.69) is 23.7 Å². The van der Waals surface area contributed by atoms with Crippen molar-refractivity contribution in [3.8, 4) is 0 Å². The number of carbonyl (C=O) groups is 1. The molecule has 0 unspecified atom stereocenters. The van der Waals surface area contributed by atoms with E-state index in [1.165, 1.54) is 11.3 Å². The second kappa shape index (κ2) is 6.37. The molecule has 1 atom stereocenters. The van der Waals surface area contributed by atoms with Crippen LogP contribution in [0.25, 0.3) is 9.53 Å². The average Bonchev–Trinajstić information content (AvgIpc) is 3.13. The molecule has 1 aliphatic rings. The van der Waals surface area contributed by atoms with Gasteiger partial charge in [0.1, 0.15) is 15.8 Å². The molecule has 2 aromatic heterocycles. The Hall–Kier alpha value is -1.19. The van der Waals surface area contributed by atoms with Crippen molar-refractivity contribution in [1.29, 1.82) is 0 Å². The van der Waals surface area contributed by atoms with Crippen LogP contribution >= 0.6 is 22.7 Å². The molecule has 3 rings (SSSR count). The minimum Gasteiger partial charge on any atom is -0.457 e. The standard InChI is InChI=1S/C14H18N2O4S3/c1-3-16(4-2)14-15-12-10(22-14)7-11(21-12)13(17)20-9-5-6-23(18,19)8-9/h7,9H,3-6,8H2,1-2H3/t9-/m0/s1. The molecule has 0 aromatic carbocycles. The van der Waals surface area contributed by atoms with Gasteiger partial charge in [0, 0.05) is 13.1 Å². The molecule has 0 radical (unpaired) electrons. The van der Waals surface area contributed by atoms with Gasteiger partial charge < -0.3 is 9.64 Å². The molecule has 1 aliphatic heterocycles. The van der Waals surface area contributed by atoms with Gasteiger partial charge in [0.05, 0.1) is 16.2 Å². The summed E-state index contributed by atoms with van der Waals surface area (Å²) >= 11 is 2.85. The summed E-state index contributed by atoms with van der Waals surface area (Å²) in [5.41, 5.74) is 0. The zero-order valence-corrected chi connectivity index (χ0v) is 15.4. The maximum Gasteiger partial charge on any atom is 0.348 e. The number of sulfone groups is 1. The van der Waals surface area contributed by atoms with Crippen LogP contribution in [0.5, 0.6) is 0 Å². The number of nitrogens with zero attached hydrogens (tertiary/aromatic N) is 2. The molecule has 6 nitrogen and oxygen atoms in total. The highest BCUT2D eigenvalue weighted by Crippen LogP contribution is 2.35. The van der Waals surface area contributed by atoms with Crippen LogP contribution in [0.2, 0.25) is 0 Å². The number of hydrogen-bond acceptors (Lipinski definition) is 8. The van der Waals surface area contributed by atoms with Gasteiger partial charge in [-0.2, -0.15) is 0 Å². The summed E-state index contributed by atoms with van der Waals surface area (Å²) in [5.74, 6) is -0.422. The van der Waals surface area contributed by atoms with Gasteiger partial charge in [-0.3, -0.25) is 0 Å². The van der Waals surface area contributed by atoms with Gasteiger partial charge in [-0.25, -0.2) is 18.2 Å². The van der Waals surface area contributed by atoms with E-state index < -0.39 is 21.9 Å². The lowest BCUT2D eigenvalue weighted by Crippen LogP contribution is -2.21. The van der Waals surface area contributed by atoms with Gasteiger partial charge >= 0.3 is 5.97 Å². The van der Waals surface area contributed by atoms with Gasteiger partial charge in [-0.15, -0.1) is 11.3 Å². The molecule has 1 fully saturated rings. The molecule has 0 N–H and O–H groups in total. The topological polar surface area (TPSA) is 76.6 Å². The molecular weight excluding hydrogens is 356 g/mol. The van der Waals surface area contributed by atoms with Crippen LogP contribution in [0.15, 0.2) is 6.07 Å². The third-order valence-corrected chi connectivity index (χ3v) is 7.72. The van der Waals surface area contributed by atoms with E-state index in [1.807, 2.05) is 0 Å². The molecule has 0 aliphatic carbocycles. The fourth-order valence-electron chi connectivity index (χ4n) is 2.52. The highest BCUT2D eigenvalue weighted by molar-refractivity contribution is 7.91. The second-order valence-corrected chi connectivity index (χ2v) is 9.65. The Bertz CT molecular complexity index is 789. The lowest BCUT2D eigenvalue weighted by atomic mass is 10.3. The Morgan fingerprint density at radius 1 is 1.39 bits per heavy atom. The number of carbonyl (C=O) groups excluding carboxylic acids is 1. The van der Waals surface area contributed by atoms with E-state index in [1.54, 1.807) is 17.4 Å².